The molecule has 3 atom stereocenters. The maximum Gasteiger partial charge on any atom is 0.408 e. The highest BCUT2D eigenvalue weighted by atomic mass is 16.6. The Kier molecular flexibility index (Phi) is 13.8. The molecule has 0 radical (unpaired) electrons. The van der Waals surface area contributed by atoms with Crippen LogP contribution in [0.4, 0.5) is 4.79 Å². The van der Waals surface area contributed by atoms with E-state index in [9.17, 15) is 24.0 Å². The summed E-state index contributed by atoms with van der Waals surface area (Å²) in [7, 11) is 1.22. The molecular formula is C30H48N4O7. The molecule has 1 aromatic rings. The van der Waals surface area contributed by atoms with Crippen LogP contribution in [0, 0.1) is 19.8 Å². The van der Waals surface area contributed by atoms with E-state index in [2.05, 4.69) is 24.5 Å². The number of alkyl carbamates (subject to hydrolysis) is 1. The first kappa shape index (κ1) is 35.4. The number of nitrogens with two attached hydrogens (primary N) is 1. The maximum atomic E-state index is 14.4. The van der Waals surface area contributed by atoms with Gasteiger partial charge >= 0.3 is 12.1 Å². The van der Waals surface area contributed by atoms with Crippen molar-refractivity contribution < 1.29 is 33.4 Å². The van der Waals surface area contributed by atoms with Crippen molar-refractivity contribution in [3.8, 4) is 0 Å². The van der Waals surface area contributed by atoms with Gasteiger partial charge in [-0.25, -0.2) is 4.79 Å². The predicted octanol–water partition coefficient (Wildman–Crippen LogP) is 3.45. The van der Waals surface area contributed by atoms with Crippen LogP contribution < -0.4 is 16.4 Å². The monoisotopic (exact) mass is 576 g/mol. The Balaban J connectivity index is 3.75. The molecule has 230 valence electrons. The van der Waals surface area contributed by atoms with E-state index in [4.69, 9.17) is 15.2 Å². The number of rotatable bonds is 14. The molecule has 0 bridgehead atoms. The molecule has 0 heterocycles. The van der Waals surface area contributed by atoms with Gasteiger partial charge in [-0.15, -0.1) is 0 Å². The van der Waals surface area contributed by atoms with Gasteiger partial charge in [0.25, 0.3) is 0 Å². The zero-order chi connectivity index (χ0) is 31.5. The minimum atomic E-state index is -1.21. The molecule has 0 aliphatic rings. The topological polar surface area (TPSA) is 157 Å². The van der Waals surface area contributed by atoms with Gasteiger partial charge in [0.1, 0.15) is 24.2 Å². The number of carbonyl (C=O) groups is 5. The van der Waals surface area contributed by atoms with Gasteiger partial charge in [-0.05, 0) is 83.4 Å². The van der Waals surface area contributed by atoms with Crippen LogP contribution in [0.15, 0.2) is 18.2 Å². The van der Waals surface area contributed by atoms with E-state index >= 15 is 0 Å². The van der Waals surface area contributed by atoms with E-state index in [0.29, 0.717) is 17.9 Å². The Morgan fingerprint density at radius 1 is 0.976 bits per heavy atom. The first-order chi connectivity index (χ1) is 19.0. The third-order valence-electron chi connectivity index (χ3n) is 6.54. The molecule has 0 fully saturated rings. The predicted molar refractivity (Wildman–Crippen MR) is 156 cm³/mol. The molecule has 11 nitrogen and oxygen atoms in total. The first-order valence-corrected chi connectivity index (χ1v) is 14.0. The number of aryl methyl sites for hydroxylation is 2. The summed E-state index contributed by atoms with van der Waals surface area (Å²) in [5.41, 5.74) is 6.70. The third-order valence-corrected chi connectivity index (χ3v) is 6.54. The largest absolute Gasteiger partial charge is 0.468 e. The standard InChI is InChI=1S/C30H48N4O7/c1-18(2)13-14-21(5)34(28(38)22(15-16-23(31)35)33-29(39)41-30(6,7)8)26(27(37)32-17-24(36)40-9)25-19(3)11-10-12-20(25)4/h10-12,18,21-22,26H,13-17H2,1-9H3,(H2,31,35)(H,32,37)(H,33,39). The van der Waals surface area contributed by atoms with Crippen molar-refractivity contribution in [3.63, 3.8) is 0 Å². The van der Waals surface area contributed by atoms with Crippen LogP contribution in [0.2, 0.25) is 0 Å². The van der Waals surface area contributed by atoms with E-state index in [-0.39, 0.29) is 19.4 Å². The Hall–Kier alpha value is -3.63. The number of nitrogens with zero attached hydrogens (tertiary/aromatic N) is 1. The van der Waals surface area contributed by atoms with Crippen molar-refractivity contribution in [2.75, 3.05) is 13.7 Å². The lowest BCUT2D eigenvalue weighted by Crippen LogP contribution is -2.56. The number of hydrogen-bond donors (Lipinski definition) is 3. The molecule has 11 heteroatoms. The highest BCUT2D eigenvalue weighted by Gasteiger charge is 2.40. The van der Waals surface area contributed by atoms with E-state index in [1.165, 1.54) is 12.0 Å². The first-order valence-electron chi connectivity index (χ1n) is 14.0. The summed E-state index contributed by atoms with van der Waals surface area (Å²) < 4.78 is 10.1. The van der Waals surface area contributed by atoms with E-state index < -0.39 is 53.5 Å². The van der Waals surface area contributed by atoms with Gasteiger partial charge in [0.05, 0.1) is 7.11 Å². The number of hydrogen-bond acceptors (Lipinski definition) is 7. The number of methoxy groups -OCH3 is 1. The average Bonchev–Trinajstić information content (AvgIpc) is 2.85. The Morgan fingerprint density at radius 3 is 2.05 bits per heavy atom. The quantitative estimate of drug-likeness (QED) is 0.286. The second kappa shape index (κ2) is 16.0. The van der Waals surface area contributed by atoms with Crippen molar-refractivity contribution in [1.82, 2.24) is 15.5 Å². The summed E-state index contributed by atoms with van der Waals surface area (Å²) >= 11 is 0. The van der Waals surface area contributed by atoms with E-state index in [0.717, 1.165) is 17.5 Å². The number of carbonyl (C=O) groups excluding carboxylic acids is 5. The fraction of sp³-hybridized carbons (Fsp3) is 0.633. The minimum Gasteiger partial charge on any atom is -0.468 e. The summed E-state index contributed by atoms with van der Waals surface area (Å²) in [5.74, 6) is -2.12. The van der Waals surface area contributed by atoms with Crippen molar-refractivity contribution in [2.45, 2.75) is 105 Å². The van der Waals surface area contributed by atoms with Crippen LogP contribution in [0.3, 0.4) is 0 Å². The van der Waals surface area contributed by atoms with Gasteiger partial charge in [-0.2, -0.15) is 0 Å². The fourth-order valence-corrected chi connectivity index (χ4v) is 4.47. The molecule has 0 aliphatic heterocycles. The molecule has 1 rings (SSSR count). The van der Waals surface area contributed by atoms with Crippen LogP contribution in [0.25, 0.3) is 0 Å². The smallest absolute Gasteiger partial charge is 0.408 e. The molecule has 4 N–H and O–H groups in total. The third kappa shape index (κ3) is 11.8. The minimum absolute atomic E-state index is 0.0932. The Bertz CT molecular complexity index is 1060. The summed E-state index contributed by atoms with van der Waals surface area (Å²) in [5, 5.41) is 5.21. The van der Waals surface area contributed by atoms with Gasteiger partial charge < -0.3 is 30.7 Å². The molecular weight excluding hydrogens is 528 g/mol. The summed E-state index contributed by atoms with van der Waals surface area (Å²) in [6, 6.07) is 2.72. The number of esters is 1. The maximum absolute atomic E-state index is 14.4. The lowest BCUT2D eigenvalue weighted by molar-refractivity contribution is -0.146. The number of ether oxygens (including phenoxy) is 2. The summed E-state index contributed by atoms with van der Waals surface area (Å²) in [6.07, 6.45) is 0.213. The number of primary amides is 1. The van der Waals surface area contributed by atoms with Crippen LogP contribution >= 0.6 is 0 Å². The van der Waals surface area contributed by atoms with Crippen LogP contribution in [0.5, 0.6) is 0 Å². The zero-order valence-electron chi connectivity index (χ0n) is 26.0. The van der Waals surface area contributed by atoms with Crippen molar-refractivity contribution in [1.29, 1.82) is 0 Å². The second-order valence-corrected chi connectivity index (χ2v) is 11.8. The van der Waals surface area contributed by atoms with Crippen LogP contribution in [-0.2, 0) is 28.7 Å². The summed E-state index contributed by atoms with van der Waals surface area (Å²) in [4.78, 5) is 66.1. The molecule has 0 spiro atoms. The highest BCUT2D eigenvalue weighted by molar-refractivity contribution is 5.94. The van der Waals surface area contributed by atoms with Gasteiger partial charge in [-0.1, -0.05) is 32.0 Å². The molecule has 0 saturated carbocycles. The highest BCUT2D eigenvalue weighted by Crippen LogP contribution is 2.32. The van der Waals surface area contributed by atoms with Gasteiger partial charge in [-0.3, -0.25) is 19.2 Å². The SMILES string of the molecule is COC(=O)CNC(=O)C(c1c(C)cccc1C)N(C(=O)C(CCC(N)=O)NC(=O)OC(C)(C)C)C(C)CCC(C)C. The molecule has 0 saturated heterocycles. The van der Waals surface area contributed by atoms with Gasteiger partial charge in [0.2, 0.25) is 17.7 Å². The molecule has 0 aromatic heterocycles. The Morgan fingerprint density at radius 2 is 1.56 bits per heavy atom. The number of amides is 4. The van der Waals surface area contributed by atoms with E-state index in [1.54, 1.807) is 20.8 Å². The second-order valence-electron chi connectivity index (χ2n) is 11.8. The fourth-order valence-electron chi connectivity index (χ4n) is 4.47. The Labute approximate surface area is 243 Å². The van der Waals surface area contributed by atoms with Crippen molar-refractivity contribution in [2.24, 2.45) is 11.7 Å². The van der Waals surface area contributed by atoms with Gasteiger partial charge in [0.15, 0.2) is 0 Å². The number of benzene rings is 1. The molecule has 1 aromatic carbocycles. The van der Waals surface area contributed by atoms with E-state index in [1.807, 2.05) is 39.0 Å². The molecule has 4 amide bonds. The van der Waals surface area contributed by atoms with Crippen molar-refractivity contribution in [3.05, 3.63) is 34.9 Å². The normalized spacial score (nSPS) is 13.5. The molecule has 3 unspecified atom stereocenters. The zero-order valence-corrected chi connectivity index (χ0v) is 26.0. The molecule has 41 heavy (non-hydrogen) atoms. The lowest BCUT2D eigenvalue weighted by atomic mass is 9.91. The van der Waals surface area contributed by atoms with Crippen molar-refractivity contribution >= 4 is 29.8 Å². The lowest BCUT2D eigenvalue weighted by Gasteiger charge is -2.39. The van der Waals surface area contributed by atoms with Gasteiger partial charge in [0, 0.05) is 12.5 Å². The number of nitrogens with one attached hydrogen (secondary N) is 2. The van der Waals surface area contributed by atoms with Crippen LogP contribution in [-0.4, -0.2) is 66.0 Å². The average molecular weight is 577 g/mol. The van der Waals surface area contributed by atoms with Crippen LogP contribution in [0.1, 0.15) is 90.0 Å². The summed E-state index contributed by atoms with van der Waals surface area (Å²) in [6.45, 7) is 14.3. The molecule has 0 aliphatic carbocycles.